The highest BCUT2D eigenvalue weighted by Gasteiger charge is 2.19. The molecule has 7 aromatic rings. The van der Waals surface area contributed by atoms with Crippen LogP contribution in [0.2, 0.25) is 0 Å². The van der Waals surface area contributed by atoms with Crippen molar-refractivity contribution >= 4 is 55.2 Å². The molecule has 2 aromatic heterocycles. The van der Waals surface area contributed by atoms with Gasteiger partial charge in [-0.05, 0) is 66.7 Å². The zero-order valence-electron chi connectivity index (χ0n) is 19.3. The maximum atomic E-state index is 13.6. The van der Waals surface area contributed by atoms with Gasteiger partial charge in [0.1, 0.15) is 0 Å². The summed E-state index contributed by atoms with van der Waals surface area (Å²) < 4.78 is 2.08. The van der Waals surface area contributed by atoms with Crippen molar-refractivity contribution in [1.29, 1.82) is 0 Å². The lowest BCUT2D eigenvalue weighted by Crippen LogP contribution is -2.15. The Balaban J connectivity index is 1.66. The average molecular weight is 465 g/mol. The third-order valence-electron chi connectivity index (χ3n) is 6.89. The molecule has 4 nitrogen and oxygen atoms in total. The van der Waals surface area contributed by atoms with E-state index in [0.717, 1.165) is 28.1 Å². The molecule has 170 valence electrons. The van der Waals surface area contributed by atoms with Crippen LogP contribution in [0.1, 0.15) is 0 Å². The predicted molar refractivity (Wildman–Crippen MR) is 148 cm³/mol. The number of benzene rings is 5. The number of hydrogen-bond donors (Lipinski definition) is 0. The summed E-state index contributed by atoms with van der Waals surface area (Å²) in [6, 6.07) is 39.3. The van der Waals surface area contributed by atoms with Crippen molar-refractivity contribution < 1.29 is 0 Å². The number of fused-ring (bicyclic) bond motifs is 4. The van der Waals surface area contributed by atoms with Gasteiger partial charge in [0.25, 0.3) is 0 Å². The van der Waals surface area contributed by atoms with Gasteiger partial charge in [0.2, 0.25) is 0 Å². The van der Waals surface area contributed by atoms with Crippen molar-refractivity contribution in [1.82, 2.24) is 4.40 Å². The Morgan fingerprint density at radius 2 is 0.972 bits per heavy atom. The molecule has 0 saturated carbocycles. The molecule has 0 spiro atoms. The van der Waals surface area contributed by atoms with E-state index in [9.17, 15) is 9.59 Å². The van der Waals surface area contributed by atoms with Gasteiger partial charge in [-0.25, -0.2) is 0 Å². The molecule has 0 fully saturated rings. The number of pyridine rings is 2. The second-order valence-electron chi connectivity index (χ2n) is 8.92. The van der Waals surface area contributed by atoms with E-state index in [0.29, 0.717) is 27.1 Å². The van der Waals surface area contributed by atoms with Crippen LogP contribution in [0, 0.1) is 0 Å². The topological polar surface area (TPSA) is 41.8 Å². The minimum Gasteiger partial charge on any atom is -0.310 e. The van der Waals surface area contributed by atoms with Crippen LogP contribution < -0.4 is 15.8 Å². The minimum atomic E-state index is -0.0668. The highest BCUT2D eigenvalue weighted by atomic mass is 16.1. The number of aromatic nitrogens is 1. The molecular weight excluding hydrogens is 444 g/mol. The maximum Gasteiger partial charge on any atom is 0.197 e. The van der Waals surface area contributed by atoms with E-state index in [1.807, 2.05) is 84.9 Å². The highest BCUT2D eigenvalue weighted by molar-refractivity contribution is 6.08. The van der Waals surface area contributed by atoms with Crippen LogP contribution in [0.25, 0.3) is 38.1 Å². The fourth-order valence-electron chi connectivity index (χ4n) is 5.31. The number of hydrogen-bond acceptors (Lipinski definition) is 3. The van der Waals surface area contributed by atoms with Crippen molar-refractivity contribution in [3.63, 3.8) is 0 Å². The van der Waals surface area contributed by atoms with E-state index < -0.39 is 0 Å². The monoisotopic (exact) mass is 464 g/mol. The molecule has 5 aromatic carbocycles. The quantitative estimate of drug-likeness (QED) is 0.208. The molecule has 0 radical (unpaired) electrons. The van der Waals surface area contributed by atoms with Crippen molar-refractivity contribution in [3.05, 3.63) is 142 Å². The van der Waals surface area contributed by atoms with E-state index in [2.05, 4.69) is 39.6 Å². The average Bonchev–Trinajstić information content (AvgIpc) is 2.94. The Kier molecular flexibility index (Phi) is 4.42. The van der Waals surface area contributed by atoms with Crippen molar-refractivity contribution in [3.8, 4) is 0 Å². The van der Waals surface area contributed by atoms with Gasteiger partial charge in [-0.1, -0.05) is 54.6 Å². The van der Waals surface area contributed by atoms with E-state index in [-0.39, 0.29) is 10.9 Å². The van der Waals surface area contributed by atoms with Crippen molar-refractivity contribution in [2.45, 2.75) is 0 Å². The van der Waals surface area contributed by atoms with Crippen LogP contribution >= 0.6 is 0 Å². The summed E-state index contributed by atoms with van der Waals surface area (Å²) in [7, 11) is 0. The second-order valence-corrected chi connectivity index (χ2v) is 8.92. The number of rotatable bonds is 3. The van der Waals surface area contributed by atoms with Gasteiger partial charge >= 0.3 is 0 Å². The molecule has 7 rings (SSSR count). The minimum absolute atomic E-state index is 0.0543. The van der Waals surface area contributed by atoms with Gasteiger partial charge in [-0.2, -0.15) is 0 Å². The molecular formula is C32H20N2O2. The molecule has 2 heterocycles. The molecule has 4 heteroatoms. The Morgan fingerprint density at radius 3 is 1.61 bits per heavy atom. The summed E-state index contributed by atoms with van der Waals surface area (Å²) >= 11 is 0. The molecule has 0 unspecified atom stereocenters. The third kappa shape index (κ3) is 2.88. The summed E-state index contributed by atoms with van der Waals surface area (Å²) in [6.07, 6.45) is 0. The molecule has 0 saturated heterocycles. The summed E-state index contributed by atoms with van der Waals surface area (Å²) in [5.74, 6) is 0. The molecule has 36 heavy (non-hydrogen) atoms. The van der Waals surface area contributed by atoms with E-state index in [4.69, 9.17) is 0 Å². The number of para-hydroxylation sites is 4. The molecule has 0 N–H and O–H groups in total. The molecule has 0 atom stereocenters. The first-order valence-electron chi connectivity index (χ1n) is 11.9. The lowest BCUT2D eigenvalue weighted by molar-refractivity contribution is 1.27. The van der Waals surface area contributed by atoms with Crippen LogP contribution in [0.3, 0.4) is 0 Å². The van der Waals surface area contributed by atoms with Crippen molar-refractivity contribution in [2.24, 2.45) is 0 Å². The normalized spacial score (nSPS) is 11.6. The first-order chi connectivity index (χ1) is 17.7. The molecule has 0 aliphatic rings. The zero-order chi connectivity index (χ0) is 24.2. The SMILES string of the molecule is O=c1c2ccccc2n2c3cc(N(c4ccccc4)c4ccccc4)ccc3c(=O)c3cccc1c32. The summed E-state index contributed by atoms with van der Waals surface area (Å²) in [6.45, 7) is 0. The summed E-state index contributed by atoms with van der Waals surface area (Å²) in [5.41, 5.74) is 5.07. The molecule has 0 aliphatic carbocycles. The fraction of sp³-hybridized carbons (Fsp3) is 0. The van der Waals surface area contributed by atoms with E-state index in [1.54, 1.807) is 6.07 Å². The molecule has 0 aliphatic heterocycles. The van der Waals surface area contributed by atoms with Crippen LogP contribution in [0.15, 0.2) is 131 Å². The van der Waals surface area contributed by atoms with E-state index in [1.165, 1.54) is 0 Å². The van der Waals surface area contributed by atoms with Gasteiger partial charge in [-0.3, -0.25) is 9.59 Å². The second kappa shape index (κ2) is 7.79. The first-order valence-corrected chi connectivity index (χ1v) is 11.9. The summed E-state index contributed by atoms with van der Waals surface area (Å²) in [5, 5.41) is 2.36. The standard InChI is InChI=1S/C32H20N2O2/c35-31-24-14-7-8-17-28(24)34-29-20-23(18-19-25(29)32(36)27-16-9-15-26(31)30(27)34)33(21-10-3-1-4-11-21)22-12-5-2-6-13-22/h1-20H. The van der Waals surface area contributed by atoms with Gasteiger partial charge in [0, 0.05) is 38.6 Å². The van der Waals surface area contributed by atoms with Crippen LogP contribution in [0.5, 0.6) is 0 Å². The van der Waals surface area contributed by atoms with Gasteiger partial charge in [0.05, 0.1) is 16.6 Å². The first kappa shape index (κ1) is 20.4. The van der Waals surface area contributed by atoms with Gasteiger partial charge < -0.3 is 9.30 Å². The van der Waals surface area contributed by atoms with Crippen LogP contribution in [-0.4, -0.2) is 4.40 Å². The van der Waals surface area contributed by atoms with Gasteiger partial charge in [0.15, 0.2) is 10.9 Å². The molecule has 0 amide bonds. The van der Waals surface area contributed by atoms with Crippen LogP contribution in [-0.2, 0) is 0 Å². The lowest BCUT2D eigenvalue weighted by Gasteiger charge is -2.26. The number of nitrogens with zero attached hydrogens (tertiary/aromatic N) is 2. The lowest BCUT2D eigenvalue weighted by atomic mass is 10.0. The largest absolute Gasteiger partial charge is 0.310 e. The fourth-order valence-corrected chi connectivity index (χ4v) is 5.31. The Hall–Kier alpha value is -4.96. The van der Waals surface area contributed by atoms with Crippen LogP contribution in [0.4, 0.5) is 17.1 Å². The maximum absolute atomic E-state index is 13.6. The zero-order valence-corrected chi connectivity index (χ0v) is 19.3. The third-order valence-corrected chi connectivity index (χ3v) is 6.89. The Bertz CT molecular complexity index is 1980. The van der Waals surface area contributed by atoms with Gasteiger partial charge in [-0.15, -0.1) is 0 Å². The highest BCUT2D eigenvalue weighted by Crippen LogP contribution is 2.36. The Labute approximate surface area is 206 Å². The van der Waals surface area contributed by atoms with E-state index >= 15 is 0 Å². The molecule has 0 bridgehead atoms. The summed E-state index contributed by atoms with van der Waals surface area (Å²) in [4.78, 5) is 29.2. The predicted octanol–water partition coefficient (Wildman–Crippen LogP) is 7.03. The smallest absolute Gasteiger partial charge is 0.197 e. The number of anilines is 3. The van der Waals surface area contributed by atoms with Crippen molar-refractivity contribution in [2.75, 3.05) is 4.90 Å². The Morgan fingerprint density at radius 1 is 0.444 bits per heavy atom.